The van der Waals surface area contributed by atoms with E-state index in [0.29, 0.717) is 18.4 Å². The van der Waals surface area contributed by atoms with Gasteiger partial charge in [0.1, 0.15) is 0 Å². The molecule has 9 heteroatoms. The first-order chi connectivity index (χ1) is 10.8. The summed E-state index contributed by atoms with van der Waals surface area (Å²) in [5.74, 6) is 0.950. The van der Waals surface area contributed by atoms with Gasteiger partial charge in [0, 0.05) is 26.2 Å². The van der Waals surface area contributed by atoms with Crippen LogP contribution in [0.1, 0.15) is 32.1 Å². The smallest absolute Gasteiger partial charge is 0.246 e. The lowest BCUT2D eigenvalue weighted by atomic mass is 10.1. The fourth-order valence-corrected chi connectivity index (χ4v) is 2.87. The van der Waals surface area contributed by atoms with Crippen molar-refractivity contribution in [2.75, 3.05) is 43.0 Å². The predicted molar refractivity (Wildman–Crippen MR) is 90.2 cm³/mol. The molecule has 0 aromatic carbocycles. The summed E-state index contributed by atoms with van der Waals surface area (Å²) in [6.07, 6.45) is 6.02. The first-order valence-electron chi connectivity index (χ1n) is 8.11. The van der Waals surface area contributed by atoms with Crippen molar-refractivity contribution in [2.24, 2.45) is 0 Å². The van der Waals surface area contributed by atoms with Gasteiger partial charge in [-0.15, -0.1) is 17.5 Å². The average molecular weight is 345 g/mol. The summed E-state index contributed by atoms with van der Waals surface area (Å²) in [6.45, 7) is 3.75. The molecule has 3 rings (SSSR count). The van der Waals surface area contributed by atoms with Crippen molar-refractivity contribution >= 4 is 30.2 Å². The average Bonchev–Trinajstić information content (AvgIpc) is 3.20. The Labute approximate surface area is 142 Å². The predicted octanol–water partition coefficient (Wildman–Crippen LogP) is 0.924. The number of aromatic amines is 1. The zero-order chi connectivity index (χ0) is 15.2. The molecule has 2 saturated heterocycles. The van der Waals surface area contributed by atoms with E-state index in [1.54, 1.807) is 0 Å². The van der Waals surface area contributed by atoms with Crippen LogP contribution in [0, 0.1) is 0 Å². The molecule has 8 nitrogen and oxygen atoms in total. The Hall–Kier alpha value is -1.38. The number of nitrogens with one attached hydrogen (secondary N) is 3. The number of aromatic nitrogens is 3. The first kappa shape index (κ1) is 18.0. The highest BCUT2D eigenvalue weighted by molar-refractivity contribution is 5.90. The molecule has 0 spiro atoms. The van der Waals surface area contributed by atoms with Gasteiger partial charge in [0.25, 0.3) is 0 Å². The molecule has 3 heterocycles. The Morgan fingerprint density at radius 1 is 1.30 bits per heavy atom. The molecule has 3 N–H and O–H groups in total. The van der Waals surface area contributed by atoms with Crippen molar-refractivity contribution in [3.05, 3.63) is 0 Å². The van der Waals surface area contributed by atoms with Crippen molar-refractivity contribution in [3.63, 3.8) is 0 Å². The van der Waals surface area contributed by atoms with E-state index in [-0.39, 0.29) is 31.0 Å². The minimum absolute atomic E-state index is 0. The number of anilines is 2. The minimum Gasteiger partial charge on any atom is -0.377 e. The number of hydrogen-bond acceptors (Lipinski definition) is 6. The molecule has 0 bridgehead atoms. The maximum Gasteiger partial charge on any atom is 0.246 e. The lowest BCUT2D eigenvalue weighted by molar-refractivity contribution is -0.115. The van der Waals surface area contributed by atoms with E-state index in [0.717, 1.165) is 32.5 Å². The van der Waals surface area contributed by atoms with E-state index in [1.165, 1.54) is 19.3 Å². The number of H-pyrrole nitrogens is 1. The maximum absolute atomic E-state index is 11.9. The molecule has 2 aliphatic rings. The largest absolute Gasteiger partial charge is 0.377 e. The highest BCUT2D eigenvalue weighted by atomic mass is 35.5. The third-order valence-corrected chi connectivity index (χ3v) is 4.05. The Morgan fingerprint density at radius 2 is 2.13 bits per heavy atom. The number of ether oxygens (including phenoxy) is 1. The zero-order valence-electron chi connectivity index (χ0n) is 13.2. The normalized spacial score (nSPS) is 21.0. The van der Waals surface area contributed by atoms with Crippen LogP contribution in [-0.4, -0.2) is 60.0 Å². The van der Waals surface area contributed by atoms with Crippen LogP contribution in [0.5, 0.6) is 0 Å². The standard InChI is InChI=1S/C14H24N6O2.ClH/c21-12(10-15-9-11-5-4-8-22-11)16-13-17-14(19-18-13)20-6-2-1-3-7-20;/h11,15H,1-10H2,(H2,16,17,18,19,21);1H. The lowest BCUT2D eigenvalue weighted by Gasteiger charge is -2.24. The second-order valence-corrected chi connectivity index (χ2v) is 5.85. The Morgan fingerprint density at radius 3 is 2.87 bits per heavy atom. The summed E-state index contributed by atoms with van der Waals surface area (Å²) in [5, 5.41) is 12.8. The van der Waals surface area contributed by atoms with Crippen LogP contribution in [-0.2, 0) is 9.53 Å². The second-order valence-electron chi connectivity index (χ2n) is 5.85. The fourth-order valence-electron chi connectivity index (χ4n) is 2.87. The molecule has 1 aromatic rings. The van der Waals surface area contributed by atoms with Gasteiger partial charge >= 0.3 is 0 Å². The molecule has 1 amide bonds. The van der Waals surface area contributed by atoms with E-state index >= 15 is 0 Å². The van der Waals surface area contributed by atoms with E-state index in [9.17, 15) is 4.79 Å². The van der Waals surface area contributed by atoms with E-state index in [4.69, 9.17) is 4.74 Å². The van der Waals surface area contributed by atoms with Gasteiger partial charge in [0.2, 0.25) is 17.8 Å². The van der Waals surface area contributed by atoms with Gasteiger partial charge in [0.15, 0.2) is 0 Å². The number of amides is 1. The third kappa shape index (κ3) is 5.33. The molecule has 1 atom stereocenters. The third-order valence-electron chi connectivity index (χ3n) is 4.05. The highest BCUT2D eigenvalue weighted by Crippen LogP contribution is 2.16. The number of carbonyl (C=O) groups is 1. The van der Waals surface area contributed by atoms with Gasteiger partial charge in [-0.3, -0.25) is 10.1 Å². The summed E-state index contributed by atoms with van der Waals surface area (Å²) >= 11 is 0. The molecule has 2 fully saturated rings. The molecule has 23 heavy (non-hydrogen) atoms. The minimum atomic E-state index is -0.126. The van der Waals surface area contributed by atoms with Gasteiger partial charge in [-0.25, -0.2) is 5.10 Å². The van der Waals surface area contributed by atoms with Crippen molar-refractivity contribution in [1.82, 2.24) is 20.5 Å². The number of rotatable bonds is 6. The topological polar surface area (TPSA) is 95.2 Å². The molecule has 130 valence electrons. The molecule has 2 aliphatic heterocycles. The van der Waals surface area contributed by atoms with Gasteiger partial charge < -0.3 is 15.0 Å². The number of carbonyl (C=O) groups excluding carboxylic acids is 1. The van der Waals surface area contributed by atoms with Crippen LogP contribution >= 0.6 is 12.4 Å². The number of hydrogen-bond donors (Lipinski definition) is 3. The molecule has 0 radical (unpaired) electrons. The van der Waals surface area contributed by atoms with Gasteiger partial charge in [-0.1, -0.05) is 0 Å². The van der Waals surface area contributed by atoms with Gasteiger partial charge in [-0.2, -0.15) is 4.98 Å². The monoisotopic (exact) mass is 344 g/mol. The molecule has 1 unspecified atom stereocenters. The van der Waals surface area contributed by atoms with E-state index < -0.39 is 0 Å². The summed E-state index contributed by atoms with van der Waals surface area (Å²) in [6, 6.07) is 0. The Kier molecular flexibility index (Phi) is 7.07. The van der Waals surface area contributed by atoms with Crippen LogP contribution < -0.4 is 15.5 Å². The SMILES string of the molecule is Cl.O=C(CNCC1CCCO1)Nc1nc(N2CCCCC2)n[nH]1. The van der Waals surface area contributed by atoms with Crippen molar-refractivity contribution in [3.8, 4) is 0 Å². The van der Waals surface area contributed by atoms with Crippen molar-refractivity contribution < 1.29 is 9.53 Å². The highest BCUT2D eigenvalue weighted by Gasteiger charge is 2.17. The second kappa shape index (κ2) is 9.05. The quantitative estimate of drug-likeness (QED) is 0.710. The number of halogens is 1. The van der Waals surface area contributed by atoms with Gasteiger partial charge in [-0.05, 0) is 32.1 Å². The number of piperidine rings is 1. The molecule has 0 aliphatic carbocycles. The van der Waals surface area contributed by atoms with Crippen LogP contribution in [0.25, 0.3) is 0 Å². The summed E-state index contributed by atoms with van der Waals surface area (Å²) in [4.78, 5) is 18.3. The van der Waals surface area contributed by atoms with Crippen LogP contribution in [0.4, 0.5) is 11.9 Å². The van der Waals surface area contributed by atoms with E-state index in [1.807, 2.05) is 0 Å². The maximum atomic E-state index is 11.9. The molecular weight excluding hydrogens is 320 g/mol. The van der Waals surface area contributed by atoms with Crippen LogP contribution in [0.2, 0.25) is 0 Å². The summed E-state index contributed by atoms with van der Waals surface area (Å²) in [7, 11) is 0. The van der Waals surface area contributed by atoms with Crippen molar-refractivity contribution in [1.29, 1.82) is 0 Å². The zero-order valence-corrected chi connectivity index (χ0v) is 14.0. The summed E-state index contributed by atoms with van der Waals surface area (Å²) in [5.41, 5.74) is 0. The Balaban J connectivity index is 0.00000192. The summed E-state index contributed by atoms with van der Waals surface area (Å²) < 4.78 is 5.50. The molecule has 0 saturated carbocycles. The fraction of sp³-hybridized carbons (Fsp3) is 0.786. The van der Waals surface area contributed by atoms with Gasteiger partial charge in [0.05, 0.1) is 12.6 Å². The van der Waals surface area contributed by atoms with E-state index in [2.05, 4.69) is 30.7 Å². The van der Waals surface area contributed by atoms with Crippen LogP contribution in [0.3, 0.4) is 0 Å². The lowest BCUT2D eigenvalue weighted by Crippen LogP contribution is -2.33. The Bertz CT molecular complexity index is 485. The first-order valence-corrected chi connectivity index (χ1v) is 8.11. The molecular formula is C14H25ClN6O2. The van der Waals surface area contributed by atoms with Crippen LogP contribution in [0.15, 0.2) is 0 Å². The molecule has 1 aromatic heterocycles. The number of nitrogens with zero attached hydrogens (tertiary/aromatic N) is 3. The van der Waals surface area contributed by atoms with Crippen molar-refractivity contribution in [2.45, 2.75) is 38.2 Å².